The lowest BCUT2D eigenvalue weighted by atomic mass is 10.0. The van der Waals surface area contributed by atoms with Gasteiger partial charge in [-0.2, -0.15) is 0 Å². The van der Waals surface area contributed by atoms with Crippen LogP contribution < -0.4 is 5.32 Å². The summed E-state index contributed by atoms with van der Waals surface area (Å²) >= 11 is 6.31. The van der Waals surface area contributed by atoms with Gasteiger partial charge in [-0.1, -0.05) is 34.5 Å². The van der Waals surface area contributed by atoms with E-state index in [4.69, 9.17) is 11.6 Å². The molecule has 0 bridgehead atoms. The van der Waals surface area contributed by atoms with E-state index in [1.54, 1.807) is 24.4 Å². The molecule has 2 aliphatic rings. The maximum atomic E-state index is 13.3. The maximum absolute atomic E-state index is 13.3. The molecule has 3 aromatic rings. The van der Waals surface area contributed by atoms with Crippen molar-refractivity contribution in [3.8, 4) is 16.9 Å². The minimum atomic E-state index is -1.04. The van der Waals surface area contributed by atoms with Gasteiger partial charge in [-0.3, -0.25) is 29.4 Å². The summed E-state index contributed by atoms with van der Waals surface area (Å²) in [5.74, 6) is -2.27. The molecule has 0 aliphatic carbocycles. The minimum Gasteiger partial charge on any atom is -0.295 e. The SMILES string of the molecule is Cc1ccc(Cl)c(-c2cn(-c3cccc4c3C(=O)N(C3CCC(=O)NC3=O)C4=O)nn2)c1. The molecule has 1 atom stereocenters. The quantitative estimate of drug-likeness (QED) is 0.613. The first-order chi connectivity index (χ1) is 15.3. The minimum absolute atomic E-state index is 0.0559. The Labute approximate surface area is 187 Å². The van der Waals surface area contributed by atoms with Crippen LogP contribution in [0.5, 0.6) is 0 Å². The first-order valence-electron chi connectivity index (χ1n) is 9.89. The summed E-state index contributed by atoms with van der Waals surface area (Å²) in [6, 6.07) is 9.30. The molecule has 32 heavy (non-hydrogen) atoms. The third kappa shape index (κ3) is 3.09. The van der Waals surface area contributed by atoms with Crippen LogP contribution in [0.3, 0.4) is 0 Å². The number of rotatable bonds is 3. The van der Waals surface area contributed by atoms with Crippen LogP contribution in [0.4, 0.5) is 0 Å². The zero-order chi connectivity index (χ0) is 22.6. The average molecular weight is 450 g/mol. The van der Waals surface area contributed by atoms with Gasteiger partial charge in [0.05, 0.1) is 28.0 Å². The second-order valence-electron chi connectivity index (χ2n) is 7.68. The van der Waals surface area contributed by atoms with E-state index in [-0.39, 0.29) is 24.0 Å². The summed E-state index contributed by atoms with van der Waals surface area (Å²) in [7, 11) is 0. The second kappa shape index (κ2) is 7.38. The van der Waals surface area contributed by atoms with E-state index in [0.717, 1.165) is 10.5 Å². The van der Waals surface area contributed by atoms with Crippen molar-refractivity contribution in [2.75, 3.05) is 0 Å². The highest BCUT2D eigenvalue weighted by Gasteiger charge is 2.45. The van der Waals surface area contributed by atoms with Gasteiger partial charge < -0.3 is 0 Å². The summed E-state index contributed by atoms with van der Waals surface area (Å²) in [6.45, 7) is 1.93. The van der Waals surface area contributed by atoms with Crippen molar-refractivity contribution in [2.45, 2.75) is 25.8 Å². The lowest BCUT2D eigenvalue weighted by molar-refractivity contribution is -0.136. The van der Waals surface area contributed by atoms with E-state index in [1.807, 2.05) is 19.1 Å². The number of piperidine rings is 1. The van der Waals surface area contributed by atoms with Gasteiger partial charge in [0.15, 0.2) is 0 Å². The van der Waals surface area contributed by atoms with Crippen molar-refractivity contribution >= 4 is 35.2 Å². The highest BCUT2D eigenvalue weighted by atomic mass is 35.5. The number of aromatic nitrogens is 3. The number of amides is 4. The van der Waals surface area contributed by atoms with Crippen LogP contribution >= 0.6 is 11.6 Å². The van der Waals surface area contributed by atoms with Crippen molar-refractivity contribution in [1.29, 1.82) is 0 Å². The first kappa shape index (κ1) is 20.1. The molecule has 1 N–H and O–H groups in total. The summed E-state index contributed by atoms with van der Waals surface area (Å²) in [5.41, 5.74) is 2.86. The Hall–Kier alpha value is -3.85. The number of imide groups is 2. The molecule has 1 unspecified atom stereocenters. The Morgan fingerprint density at radius 1 is 1.06 bits per heavy atom. The number of halogens is 1. The number of carbonyl (C=O) groups excluding carboxylic acids is 4. The normalized spacial score (nSPS) is 18.2. The van der Waals surface area contributed by atoms with Gasteiger partial charge in [0, 0.05) is 12.0 Å². The van der Waals surface area contributed by atoms with Crippen LogP contribution in [0, 0.1) is 6.92 Å². The molecule has 1 aromatic heterocycles. The van der Waals surface area contributed by atoms with Gasteiger partial charge in [0.1, 0.15) is 11.7 Å². The molecule has 2 aromatic carbocycles. The van der Waals surface area contributed by atoms with Crippen LogP contribution in [0.1, 0.15) is 39.1 Å². The first-order valence-corrected chi connectivity index (χ1v) is 10.3. The molecule has 4 amide bonds. The molecule has 10 heteroatoms. The van der Waals surface area contributed by atoms with Crippen molar-refractivity contribution in [3.05, 3.63) is 64.3 Å². The largest absolute Gasteiger partial charge is 0.295 e. The van der Waals surface area contributed by atoms with E-state index >= 15 is 0 Å². The fourth-order valence-electron chi connectivity index (χ4n) is 4.03. The molecule has 2 aliphatic heterocycles. The fraction of sp³-hybridized carbons (Fsp3) is 0.182. The molecule has 9 nitrogen and oxygen atoms in total. The van der Waals surface area contributed by atoms with E-state index in [1.165, 1.54) is 10.7 Å². The predicted octanol–water partition coefficient (Wildman–Crippen LogP) is 2.30. The molecular formula is C22H16ClN5O4. The standard InChI is InChI=1S/C22H16ClN5O4/c1-11-5-6-14(23)13(9-11)15-10-27(26-25-15)16-4-2-3-12-19(16)22(32)28(21(12)31)17-7-8-18(29)24-20(17)30/h2-6,9-10,17H,7-8H2,1H3,(H,24,29,30). The van der Waals surface area contributed by atoms with Gasteiger partial charge in [-0.05, 0) is 37.6 Å². The van der Waals surface area contributed by atoms with Gasteiger partial charge >= 0.3 is 0 Å². The third-order valence-corrected chi connectivity index (χ3v) is 5.91. The summed E-state index contributed by atoms with van der Waals surface area (Å²) in [4.78, 5) is 50.9. The number of hydrogen-bond donors (Lipinski definition) is 1. The number of hydrogen-bond acceptors (Lipinski definition) is 6. The molecule has 0 radical (unpaired) electrons. The molecule has 160 valence electrons. The van der Waals surface area contributed by atoms with E-state index in [2.05, 4.69) is 15.6 Å². The number of carbonyl (C=O) groups is 4. The van der Waals surface area contributed by atoms with E-state index in [0.29, 0.717) is 22.0 Å². The monoisotopic (exact) mass is 449 g/mol. The van der Waals surface area contributed by atoms with Crippen LogP contribution in [-0.4, -0.2) is 49.6 Å². The Balaban J connectivity index is 1.54. The maximum Gasteiger partial charge on any atom is 0.264 e. The van der Waals surface area contributed by atoms with Gasteiger partial charge in [-0.15, -0.1) is 5.10 Å². The molecule has 0 saturated carbocycles. The van der Waals surface area contributed by atoms with Crippen molar-refractivity contribution in [3.63, 3.8) is 0 Å². The highest BCUT2D eigenvalue weighted by molar-refractivity contribution is 6.33. The zero-order valence-electron chi connectivity index (χ0n) is 16.8. The Morgan fingerprint density at radius 2 is 1.88 bits per heavy atom. The Morgan fingerprint density at radius 3 is 2.66 bits per heavy atom. The summed E-state index contributed by atoms with van der Waals surface area (Å²) in [6.07, 6.45) is 1.77. The zero-order valence-corrected chi connectivity index (χ0v) is 17.6. The van der Waals surface area contributed by atoms with Gasteiger partial charge in [0.25, 0.3) is 11.8 Å². The average Bonchev–Trinajstić information content (AvgIpc) is 3.34. The number of aryl methyl sites for hydroxylation is 1. The molecular weight excluding hydrogens is 434 g/mol. The molecule has 5 rings (SSSR count). The molecule has 3 heterocycles. The van der Waals surface area contributed by atoms with Crippen molar-refractivity contribution in [1.82, 2.24) is 25.2 Å². The second-order valence-corrected chi connectivity index (χ2v) is 8.09. The van der Waals surface area contributed by atoms with Gasteiger partial charge in [-0.25, -0.2) is 4.68 Å². The third-order valence-electron chi connectivity index (χ3n) is 5.58. The van der Waals surface area contributed by atoms with Crippen molar-refractivity contribution < 1.29 is 19.2 Å². The molecule has 1 saturated heterocycles. The highest BCUT2D eigenvalue weighted by Crippen LogP contribution is 2.33. The fourth-order valence-corrected chi connectivity index (χ4v) is 4.24. The van der Waals surface area contributed by atoms with E-state index < -0.39 is 29.7 Å². The van der Waals surface area contributed by atoms with E-state index in [9.17, 15) is 19.2 Å². The number of nitrogens with zero attached hydrogens (tertiary/aromatic N) is 4. The number of fused-ring (bicyclic) bond motifs is 1. The molecule has 1 fully saturated rings. The Bertz CT molecular complexity index is 1330. The summed E-state index contributed by atoms with van der Waals surface area (Å²) < 4.78 is 1.41. The predicted molar refractivity (Wildman–Crippen MR) is 113 cm³/mol. The van der Waals surface area contributed by atoms with Crippen LogP contribution in [-0.2, 0) is 9.59 Å². The lowest BCUT2D eigenvalue weighted by Crippen LogP contribution is -2.54. The molecule has 0 spiro atoms. The smallest absolute Gasteiger partial charge is 0.264 e. The number of nitrogens with one attached hydrogen (secondary N) is 1. The Kier molecular flexibility index (Phi) is 4.63. The topological polar surface area (TPSA) is 114 Å². The van der Waals surface area contributed by atoms with Crippen molar-refractivity contribution in [2.24, 2.45) is 0 Å². The van der Waals surface area contributed by atoms with Crippen LogP contribution in [0.2, 0.25) is 5.02 Å². The number of benzene rings is 2. The lowest BCUT2D eigenvalue weighted by Gasteiger charge is -2.27. The van der Waals surface area contributed by atoms with Gasteiger partial charge in [0.2, 0.25) is 11.8 Å². The van der Waals surface area contributed by atoms with Crippen LogP contribution in [0.15, 0.2) is 42.6 Å². The van der Waals surface area contributed by atoms with Crippen LogP contribution in [0.25, 0.3) is 16.9 Å². The summed E-state index contributed by atoms with van der Waals surface area (Å²) in [5, 5.41) is 11.0.